The molecule has 2 heterocycles. The monoisotopic (exact) mass is 220 g/mol. The van der Waals surface area contributed by atoms with E-state index in [9.17, 15) is 4.79 Å². The topological polar surface area (TPSA) is 65.5 Å². The Hall–Kier alpha value is -1.62. The van der Waals surface area contributed by atoms with Crippen LogP contribution < -0.4 is 10.2 Å². The van der Waals surface area contributed by atoms with Gasteiger partial charge in [-0.2, -0.15) is 0 Å². The molecule has 1 aromatic heterocycles. The van der Waals surface area contributed by atoms with E-state index in [0.717, 1.165) is 37.4 Å². The van der Waals surface area contributed by atoms with E-state index in [0.29, 0.717) is 0 Å². The van der Waals surface area contributed by atoms with Crippen LogP contribution in [-0.2, 0) is 0 Å². The Kier molecular flexibility index (Phi) is 3.05. The van der Waals surface area contributed by atoms with Gasteiger partial charge in [-0.25, -0.2) is 4.79 Å². The zero-order valence-electron chi connectivity index (χ0n) is 9.16. The van der Waals surface area contributed by atoms with Crippen LogP contribution in [0.3, 0.4) is 0 Å². The van der Waals surface area contributed by atoms with Crippen LogP contribution in [-0.4, -0.2) is 42.2 Å². The first-order valence-electron chi connectivity index (χ1n) is 5.26. The molecule has 0 bridgehead atoms. The Morgan fingerprint density at radius 1 is 1.56 bits per heavy atom. The van der Waals surface area contributed by atoms with Crippen molar-refractivity contribution in [3.05, 3.63) is 23.5 Å². The number of rotatable bonds is 2. The number of nitrogens with one attached hydrogen (secondary N) is 1. The molecule has 1 aliphatic heterocycles. The van der Waals surface area contributed by atoms with Crippen LogP contribution in [0.5, 0.6) is 0 Å². The second kappa shape index (κ2) is 4.49. The van der Waals surface area contributed by atoms with Crippen molar-refractivity contribution in [2.45, 2.75) is 6.92 Å². The maximum atomic E-state index is 11.0. The van der Waals surface area contributed by atoms with E-state index in [4.69, 9.17) is 5.11 Å². The lowest BCUT2D eigenvalue weighted by molar-refractivity contribution is 0.0695. The average molecular weight is 220 g/mol. The van der Waals surface area contributed by atoms with Crippen molar-refractivity contribution in [1.29, 1.82) is 0 Å². The summed E-state index contributed by atoms with van der Waals surface area (Å²) in [5.41, 5.74) is 1.80. The fraction of sp³-hybridized carbons (Fsp3) is 0.455. The number of piperazine rings is 1. The van der Waals surface area contributed by atoms with E-state index >= 15 is 0 Å². The minimum Gasteiger partial charge on any atom is -0.478 e. The van der Waals surface area contributed by atoms with E-state index in [-0.39, 0.29) is 5.56 Å². The average Bonchev–Trinajstić information content (AvgIpc) is 2.30. The first kappa shape index (κ1) is 10.9. The normalized spacial score (nSPS) is 16.2. The summed E-state index contributed by atoms with van der Waals surface area (Å²) < 4.78 is 0. The third-order valence-corrected chi connectivity index (χ3v) is 2.79. The Morgan fingerprint density at radius 3 is 2.88 bits per heavy atom. The van der Waals surface area contributed by atoms with Crippen molar-refractivity contribution >= 4 is 11.7 Å². The molecule has 5 nitrogen and oxygen atoms in total. The Labute approximate surface area is 94.1 Å². The summed E-state index contributed by atoms with van der Waals surface area (Å²) >= 11 is 0. The van der Waals surface area contributed by atoms with Gasteiger partial charge in [0.25, 0.3) is 0 Å². The summed E-state index contributed by atoms with van der Waals surface area (Å²) in [6.07, 6.45) is 4.24. The molecule has 1 radical (unpaired) electrons. The molecule has 0 unspecified atom stereocenters. The highest BCUT2D eigenvalue weighted by Crippen LogP contribution is 2.21. The van der Waals surface area contributed by atoms with Crippen molar-refractivity contribution < 1.29 is 9.90 Å². The van der Waals surface area contributed by atoms with Crippen molar-refractivity contribution in [2.75, 3.05) is 31.1 Å². The van der Waals surface area contributed by atoms with Gasteiger partial charge in [-0.15, -0.1) is 0 Å². The van der Waals surface area contributed by atoms with Gasteiger partial charge >= 0.3 is 5.97 Å². The summed E-state index contributed by atoms with van der Waals surface area (Å²) in [7, 11) is 0. The molecule has 1 fully saturated rings. The molecule has 1 aliphatic rings. The summed E-state index contributed by atoms with van der Waals surface area (Å²) in [6.45, 7) is 5.35. The molecule has 1 saturated heterocycles. The highest BCUT2D eigenvalue weighted by Gasteiger charge is 2.17. The SMILES string of the molecule is Cc1c(N2CCNCC2)[c]ncc1C(=O)O. The lowest BCUT2D eigenvalue weighted by Gasteiger charge is -2.30. The quantitative estimate of drug-likeness (QED) is 0.750. The van der Waals surface area contributed by atoms with Crippen LogP contribution in [0.2, 0.25) is 0 Å². The van der Waals surface area contributed by atoms with Crippen LogP contribution in [0, 0.1) is 13.1 Å². The molecule has 0 atom stereocenters. The minimum absolute atomic E-state index is 0.257. The van der Waals surface area contributed by atoms with E-state index < -0.39 is 5.97 Å². The molecular weight excluding hydrogens is 206 g/mol. The van der Waals surface area contributed by atoms with Gasteiger partial charge in [0, 0.05) is 32.4 Å². The Morgan fingerprint density at radius 2 is 2.25 bits per heavy atom. The summed E-state index contributed by atoms with van der Waals surface area (Å²) in [5, 5.41) is 12.3. The number of hydrogen-bond donors (Lipinski definition) is 2. The lowest BCUT2D eigenvalue weighted by Crippen LogP contribution is -2.44. The summed E-state index contributed by atoms with van der Waals surface area (Å²) in [6, 6.07) is 0. The fourth-order valence-corrected chi connectivity index (χ4v) is 1.88. The van der Waals surface area contributed by atoms with E-state index in [1.54, 1.807) is 6.92 Å². The van der Waals surface area contributed by atoms with Gasteiger partial charge in [-0.1, -0.05) is 0 Å². The molecule has 2 N–H and O–H groups in total. The molecule has 0 aliphatic carbocycles. The smallest absolute Gasteiger partial charge is 0.337 e. The Balaban J connectivity index is 2.33. The number of aromatic nitrogens is 1. The van der Waals surface area contributed by atoms with Crippen molar-refractivity contribution in [3.8, 4) is 0 Å². The van der Waals surface area contributed by atoms with Gasteiger partial charge in [0.2, 0.25) is 0 Å². The van der Waals surface area contributed by atoms with Gasteiger partial charge in [0.15, 0.2) is 0 Å². The summed E-state index contributed by atoms with van der Waals surface area (Å²) in [4.78, 5) is 17.0. The molecular formula is C11H14N3O2. The number of pyridine rings is 1. The molecule has 16 heavy (non-hydrogen) atoms. The van der Waals surface area contributed by atoms with Crippen LogP contribution in [0.25, 0.3) is 0 Å². The molecule has 0 saturated carbocycles. The van der Waals surface area contributed by atoms with Gasteiger partial charge in [0.05, 0.1) is 11.3 Å². The van der Waals surface area contributed by atoms with Crippen molar-refractivity contribution in [1.82, 2.24) is 10.3 Å². The van der Waals surface area contributed by atoms with Crippen LogP contribution in [0.4, 0.5) is 5.69 Å². The maximum absolute atomic E-state index is 11.0. The molecule has 0 aromatic carbocycles. The number of nitrogens with zero attached hydrogens (tertiary/aromatic N) is 2. The standard InChI is InChI=1S/C11H14N3O2/c1-8-9(11(15)16)6-13-7-10(8)14-4-2-12-3-5-14/h6,12H,2-5H2,1H3,(H,15,16). The fourth-order valence-electron chi connectivity index (χ4n) is 1.88. The molecule has 5 heteroatoms. The third-order valence-electron chi connectivity index (χ3n) is 2.79. The molecule has 85 valence electrons. The predicted molar refractivity (Wildman–Crippen MR) is 59.9 cm³/mol. The number of carboxylic acid groups (broad SMARTS) is 1. The number of hydrogen-bond acceptors (Lipinski definition) is 4. The lowest BCUT2D eigenvalue weighted by atomic mass is 10.1. The molecule has 1 aromatic rings. The predicted octanol–water partition coefficient (Wildman–Crippen LogP) is 0.298. The number of carboxylic acids is 1. The minimum atomic E-state index is -0.935. The van der Waals surface area contributed by atoms with E-state index in [2.05, 4.69) is 21.4 Å². The largest absolute Gasteiger partial charge is 0.478 e. The zero-order chi connectivity index (χ0) is 11.5. The van der Waals surface area contributed by atoms with E-state index in [1.165, 1.54) is 6.20 Å². The highest BCUT2D eigenvalue weighted by atomic mass is 16.4. The molecule has 0 amide bonds. The number of anilines is 1. The van der Waals surface area contributed by atoms with Gasteiger partial charge < -0.3 is 15.3 Å². The highest BCUT2D eigenvalue weighted by molar-refractivity contribution is 5.90. The molecule has 0 spiro atoms. The second-order valence-electron chi connectivity index (χ2n) is 3.80. The number of carbonyl (C=O) groups is 1. The first-order chi connectivity index (χ1) is 7.70. The maximum Gasteiger partial charge on any atom is 0.337 e. The van der Waals surface area contributed by atoms with Gasteiger partial charge in [-0.05, 0) is 12.5 Å². The van der Waals surface area contributed by atoms with Crippen LogP contribution in [0.15, 0.2) is 6.20 Å². The second-order valence-corrected chi connectivity index (χ2v) is 3.80. The van der Waals surface area contributed by atoms with Crippen molar-refractivity contribution in [2.24, 2.45) is 0 Å². The zero-order valence-corrected chi connectivity index (χ0v) is 9.16. The van der Waals surface area contributed by atoms with Gasteiger partial charge in [-0.3, -0.25) is 4.98 Å². The number of aromatic carboxylic acids is 1. The van der Waals surface area contributed by atoms with Crippen molar-refractivity contribution in [3.63, 3.8) is 0 Å². The molecule has 2 rings (SSSR count). The van der Waals surface area contributed by atoms with Crippen LogP contribution in [0.1, 0.15) is 15.9 Å². The van der Waals surface area contributed by atoms with Crippen LogP contribution >= 0.6 is 0 Å². The third kappa shape index (κ3) is 1.99. The van der Waals surface area contributed by atoms with Gasteiger partial charge in [0.1, 0.15) is 6.20 Å². The first-order valence-corrected chi connectivity index (χ1v) is 5.26. The van der Waals surface area contributed by atoms with E-state index in [1.807, 2.05) is 0 Å². The summed E-state index contributed by atoms with van der Waals surface area (Å²) in [5.74, 6) is -0.935. The Bertz CT molecular complexity index is 400.